The number of hydrogen-bond donors (Lipinski definition) is 0. The Morgan fingerprint density at radius 1 is 0.538 bits per heavy atom. The molecule has 0 bridgehead atoms. The Kier molecular flexibility index (Phi) is 403. The molecule has 0 amide bonds. The minimum atomic E-state index is 0. The van der Waals surface area contributed by atoms with Gasteiger partial charge >= 0.3 is 20.1 Å². The van der Waals surface area contributed by atoms with Gasteiger partial charge in [0.25, 0.3) is 0 Å². The molecule has 0 aromatic heterocycles. The van der Waals surface area contributed by atoms with Gasteiger partial charge in [-0.25, -0.2) is 0 Å². The Morgan fingerprint density at radius 2 is 0.538 bits per heavy atom. The van der Waals surface area contributed by atoms with Crippen LogP contribution in [0, 0.1) is 40.5 Å². The van der Waals surface area contributed by atoms with Crippen molar-refractivity contribution in [1.82, 2.24) is 0 Å². The van der Waals surface area contributed by atoms with E-state index >= 15 is 0 Å². The predicted octanol–water partition coefficient (Wildman–Crippen LogP) is 1.000. The maximum Gasteiger partial charge on any atom is 4.00 e. The molecule has 1 radical (unpaired) electrons. The summed E-state index contributed by atoms with van der Waals surface area (Å²) in [4.78, 5) is 32.0. The molecule has 0 aliphatic heterocycles. The SMILES string of the molecule is O=N[O-].O=N[O-].O=N[O-].O=N[O-].[Ir+4]. The first-order valence-electron chi connectivity index (χ1n) is 1.46. The third kappa shape index (κ3) is 228. The molecule has 0 aromatic rings. The zero-order valence-corrected chi connectivity index (χ0v) is 7.78. The van der Waals surface area contributed by atoms with E-state index in [1.165, 1.54) is 0 Å². The zero-order chi connectivity index (χ0) is 10.8. The van der Waals surface area contributed by atoms with Crippen LogP contribution in [0.4, 0.5) is 0 Å². The molecule has 0 aliphatic carbocycles. The Morgan fingerprint density at radius 3 is 0.538 bits per heavy atom. The van der Waals surface area contributed by atoms with Crippen molar-refractivity contribution in [3.8, 4) is 0 Å². The molecule has 13 heteroatoms. The number of hydrogen-bond acceptors (Lipinski definition) is 12. The van der Waals surface area contributed by atoms with Crippen molar-refractivity contribution in [2.45, 2.75) is 0 Å². The van der Waals surface area contributed by atoms with Gasteiger partial charge in [0.1, 0.15) is 0 Å². The summed E-state index contributed by atoms with van der Waals surface area (Å²) in [5.41, 5.74) is 0. The third-order valence-electron chi connectivity index (χ3n) is 0. The second-order valence-electron chi connectivity index (χ2n) is 0.298. The van der Waals surface area contributed by atoms with Gasteiger partial charge in [0.05, 0.1) is 0 Å². The van der Waals surface area contributed by atoms with E-state index in [0.717, 1.165) is 21.4 Å². The van der Waals surface area contributed by atoms with Crippen molar-refractivity contribution in [3.63, 3.8) is 0 Å². The fraction of sp³-hybridized carbons (Fsp3) is 0. The van der Waals surface area contributed by atoms with E-state index in [1.807, 2.05) is 0 Å². The van der Waals surface area contributed by atoms with Crippen molar-refractivity contribution in [1.29, 1.82) is 0 Å². The van der Waals surface area contributed by atoms with Crippen LogP contribution in [0.3, 0.4) is 0 Å². The number of nitrogens with zero attached hydrogens (tertiary/aromatic N) is 4. The van der Waals surface area contributed by atoms with Gasteiger partial charge in [-0.3, -0.25) is 0 Å². The Balaban J connectivity index is -0.0000000213. The number of rotatable bonds is 0. The zero-order valence-electron chi connectivity index (χ0n) is 5.39. The van der Waals surface area contributed by atoms with Gasteiger partial charge in [-0.05, 0) is 0 Å². The van der Waals surface area contributed by atoms with Gasteiger partial charge in [0, 0.05) is 0 Å². The van der Waals surface area contributed by atoms with Crippen molar-refractivity contribution in [3.05, 3.63) is 40.5 Å². The second kappa shape index (κ2) is 173. The summed E-state index contributed by atoms with van der Waals surface area (Å²) in [7, 11) is 0. The maximum absolute atomic E-state index is 8.00. The van der Waals surface area contributed by atoms with Crippen LogP contribution < -0.4 is 0 Å². The van der Waals surface area contributed by atoms with E-state index in [4.69, 9.17) is 40.5 Å². The van der Waals surface area contributed by atoms with Crippen LogP contribution in [0.25, 0.3) is 0 Å². The summed E-state index contributed by atoms with van der Waals surface area (Å²) in [5.74, 6) is 0. The maximum atomic E-state index is 8.00. The molecular formula is IrN4O8. The first kappa shape index (κ1) is 30.3. The van der Waals surface area contributed by atoms with Crippen molar-refractivity contribution in [2.75, 3.05) is 0 Å². The summed E-state index contributed by atoms with van der Waals surface area (Å²) in [6, 6.07) is 0. The van der Waals surface area contributed by atoms with Crippen LogP contribution in [0.15, 0.2) is 21.4 Å². The van der Waals surface area contributed by atoms with Gasteiger partial charge in [-0.15, -0.1) is 21.4 Å². The van der Waals surface area contributed by atoms with Crippen LogP contribution in [-0.2, 0) is 20.1 Å². The molecule has 0 saturated heterocycles. The minimum absolute atomic E-state index is 0. The standard InChI is InChI=1S/Ir.4HNO2/c;4*2-1-3/h;4*(H,2,3)/q+4;;;;/p-4. The Labute approximate surface area is 82.6 Å². The van der Waals surface area contributed by atoms with Crippen LogP contribution >= 0.6 is 0 Å². The average Bonchev–Trinajstić information content (AvgIpc) is 1.92. The third-order valence-corrected chi connectivity index (χ3v) is 0. The molecule has 0 aliphatic rings. The van der Waals surface area contributed by atoms with E-state index in [0.29, 0.717) is 0 Å². The summed E-state index contributed by atoms with van der Waals surface area (Å²) in [6.45, 7) is 0. The first-order valence-corrected chi connectivity index (χ1v) is 1.46. The van der Waals surface area contributed by atoms with Crippen LogP contribution in [-0.4, -0.2) is 0 Å². The predicted molar refractivity (Wildman–Crippen MR) is 36.6 cm³/mol. The average molecular weight is 376 g/mol. The largest absolute Gasteiger partial charge is 4.00 e. The quantitative estimate of drug-likeness (QED) is 0.438. The van der Waals surface area contributed by atoms with E-state index in [2.05, 4.69) is 0 Å². The van der Waals surface area contributed by atoms with Crippen molar-refractivity contribution in [2.24, 2.45) is 21.4 Å². The van der Waals surface area contributed by atoms with Crippen LogP contribution in [0.1, 0.15) is 0 Å². The Bertz CT molecular complexity index is 70.1. The monoisotopic (exact) mass is 377 g/mol. The van der Waals surface area contributed by atoms with Gasteiger partial charge < -0.3 is 40.5 Å². The molecular weight excluding hydrogens is 376 g/mol. The Hall–Kier alpha value is -1.75. The summed E-state index contributed by atoms with van der Waals surface area (Å²) >= 11 is 0. The van der Waals surface area contributed by atoms with Gasteiger partial charge in [-0.2, -0.15) is 0 Å². The molecule has 0 heterocycles. The van der Waals surface area contributed by atoms with E-state index in [9.17, 15) is 0 Å². The molecule has 0 saturated carbocycles. The molecule has 12 nitrogen and oxygen atoms in total. The van der Waals surface area contributed by atoms with E-state index in [-0.39, 0.29) is 20.1 Å². The van der Waals surface area contributed by atoms with Crippen molar-refractivity contribution >= 4 is 0 Å². The van der Waals surface area contributed by atoms with Crippen LogP contribution in [0.2, 0.25) is 0 Å². The second-order valence-corrected chi connectivity index (χ2v) is 0.298. The molecule has 0 spiro atoms. The summed E-state index contributed by atoms with van der Waals surface area (Å²) < 4.78 is 0. The molecule has 0 unspecified atom stereocenters. The normalized spacial score (nSPS) is 3.69. The molecule has 13 heavy (non-hydrogen) atoms. The molecule has 0 atom stereocenters. The summed E-state index contributed by atoms with van der Waals surface area (Å²) in [6.07, 6.45) is 0. The van der Waals surface area contributed by atoms with Gasteiger partial charge in [0.2, 0.25) is 0 Å². The fourth-order valence-corrected chi connectivity index (χ4v) is 0. The fourth-order valence-electron chi connectivity index (χ4n) is 0. The smallest absolute Gasteiger partial charge is 0.444 e. The van der Waals surface area contributed by atoms with E-state index < -0.39 is 0 Å². The molecule has 0 aromatic carbocycles. The van der Waals surface area contributed by atoms with Gasteiger partial charge in [0.15, 0.2) is 0 Å². The van der Waals surface area contributed by atoms with Crippen LogP contribution in [0.5, 0.6) is 0 Å². The van der Waals surface area contributed by atoms with Gasteiger partial charge in [-0.1, -0.05) is 0 Å². The molecule has 0 fully saturated rings. The molecule has 0 N–H and O–H groups in total. The minimum Gasteiger partial charge on any atom is -0.444 e. The molecule has 77 valence electrons. The molecule has 0 rings (SSSR count). The van der Waals surface area contributed by atoms with Crippen molar-refractivity contribution < 1.29 is 20.1 Å². The first-order chi connectivity index (χ1) is 5.66. The van der Waals surface area contributed by atoms with E-state index in [1.54, 1.807) is 0 Å². The summed E-state index contributed by atoms with van der Waals surface area (Å²) in [5, 5.41) is 36.0. The topological polar surface area (TPSA) is 210 Å².